The first-order valence-corrected chi connectivity index (χ1v) is 5.36. The number of alkyl halides is 1. The molecule has 1 aromatic rings. The van der Waals surface area contributed by atoms with Gasteiger partial charge in [0.25, 0.3) is 0 Å². The van der Waals surface area contributed by atoms with E-state index in [4.69, 9.17) is 27.9 Å². The first-order chi connectivity index (χ1) is 8.93. The van der Waals surface area contributed by atoms with Crippen molar-refractivity contribution in [3.8, 4) is 12.3 Å². The van der Waals surface area contributed by atoms with E-state index in [-0.39, 0.29) is 5.76 Å². The average molecular weight is 286 g/mol. The summed E-state index contributed by atoms with van der Waals surface area (Å²) in [6.45, 7) is -0.649. The summed E-state index contributed by atoms with van der Waals surface area (Å²) in [5.74, 6) is 1.27. The molecule has 0 spiro atoms. The van der Waals surface area contributed by atoms with Gasteiger partial charge in [-0.25, -0.2) is 14.2 Å². The van der Waals surface area contributed by atoms with Crippen LogP contribution in [-0.4, -0.2) is 36.2 Å². The molecule has 2 rings (SSSR count). The van der Waals surface area contributed by atoms with Gasteiger partial charge in [0.05, 0.1) is 0 Å². The molecule has 19 heavy (non-hydrogen) atoms. The molecule has 0 radical (unpaired) electrons. The molecular formula is C10H8ClN3O5. The van der Waals surface area contributed by atoms with E-state index < -0.39 is 34.8 Å². The van der Waals surface area contributed by atoms with Crippen LogP contribution < -0.4 is 11.4 Å². The Bertz CT molecular complexity index is 700. The second kappa shape index (κ2) is 4.46. The first kappa shape index (κ1) is 13.2. The van der Waals surface area contributed by atoms with Gasteiger partial charge < -0.3 is 14.9 Å². The standard InChI is InChI=1S/C10H8ClN3O5/c1-2-10(11)6(16)5(3-15)19-7(10)14-4-12-8(17)13-9(14)18/h1,4,7,15-16H,3H2,(H,13,17,18)/t7-,10?/m1/s1. The van der Waals surface area contributed by atoms with E-state index in [1.165, 1.54) is 0 Å². The Balaban J connectivity index is 2.57. The van der Waals surface area contributed by atoms with Crippen LogP contribution >= 0.6 is 11.6 Å². The van der Waals surface area contributed by atoms with E-state index in [9.17, 15) is 14.7 Å². The van der Waals surface area contributed by atoms with Gasteiger partial charge in [-0.3, -0.25) is 4.98 Å². The zero-order chi connectivity index (χ0) is 14.2. The van der Waals surface area contributed by atoms with Crippen LogP contribution in [0, 0.1) is 12.3 Å². The minimum Gasteiger partial charge on any atom is -0.506 e. The summed E-state index contributed by atoms with van der Waals surface area (Å²) in [5, 5.41) is 18.8. The number of terminal acetylenes is 1. The molecule has 0 saturated heterocycles. The summed E-state index contributed by atoms with van der Waals surface area (Å²) < 4.78 is 5.95. The van der Waals surface area contributed by atoms with Crippen molar-refractivity contribution in [3.63, 3.8) is 0 Å². The highest BCUT2D eigenvalue weighted by Gasteiger charge is 2.51. The van der Waals surface area contributed by atoms with Gasteiger partial charge in [0.15, 0.2) is 11.5 Å². The molecule has 0 amide bonds. The molecule has 8 nitrogen and oxygen atoms in total. The molecule has 9 heteroatoms. The SMILES string of the molecule is C#CC1(Cl)C(O)=C(CO)O[C@H]1n1cnc(=O)[nH]c1=O. The molecule has 0 saturated carbocycles. The lowest BCUT2D eigenvalue weighted by Gasteiger charge is -2.23. The Hall–Kier alpha value is -2.24. The number of nitrogens with one attached hydrogen (secondary N) is 1. The third-order valence-electron chi connectivity index (χ3n) is 2.56. The molecule has 2 atom stereocenters. The van der Waals surface area contributed by atoms with Crippen LogP contribution in [0.2, 0.25) is 0 Å². The highest BCUT2D eigenvalue weighted by Crippen LogP contribution is 2.43. The Morgan fingerprint density at radius 3 is 2.89 bits per heavy atom. The second-order valence-electron chi connectivity index (χ2n) is 3.64. The Morgan fingerprint density at radius 1 is 1.68 bits per heavy atom. The molecule has 1 aliphatic heterocycles. The van der Waals surface area contributed by atoms with Gasteiger partial charge in [-0.05, 0) is 0 Å². The van der Waals surface area contributed by atoms with Crippen molar-refractivity contribution in [3.05, 3.63) is 38.8 Å². The van der Waals surface area contributed by atoms with Gasteiger partial charge in [0.2, 0.25) is 11.1 Å². The van der Waals surface area contributed by atoms with Crippen molar-refractivity contribution in [1.29, 1.82) is 0 Å². The number of halogens is 1. The third-order valence-corrected chi connectivity index (χ3v) is 3.03. The lowest BCUT2D eigenvalue weighted by Crippen LogP contribution is -2.40. The zero-order valence-corrected chi connectivity index (χ0v) is 10.1. The average Bonchev–Trinajstić information content (AvgIpc) is 2.63. The number of H-pyrrole nitrogens is 1. The Labute approximate surface area is 110 Å². The number of rotatable bonds is 2. The van der Waals surface area contributed by atoms with Crippen molar-refractivity contribution >= 4 is 11.6 Å². The number of ether oxygens (including phenoxy) is 1. The highest BCUT2D eigenvalue weighted by molar-refractivity contribution is 6.28. The zero-order valence-electron chi connectivity index (χ0n) is 9.33. The quantitative estimate of drug-likeness (QED) is 0.466. The monoisotopic (exact) mass is 285 g/mol. The lowest BCUT2D eigenvalue weighted by molar-refractivity contribution is 0.0491. The molecule has 1 unspecified atom stereocenters. The molecule has 0 bridgehead atoms. The van der Waals surface area contributed by atoms with Gasteiger partial charge in [-0.1, -0.05) is 17.5 Å². The third kappa shape index (κ3) is 1.89. The second-order valence-corrected chi connectivity index (χ2v) is 4.24. The van der Waals surface area contributed by atoms with Gasteiger partial charge >= 0.3 is 11.4 Å². The number of hydrogen-bond acceptors (Lipinski definition) is 6. The van der Waals surface area contributed by atoms with Crippen LogP contribution in [0.3, 0.4) is 0 Å². The van der Waals surface area contributed by atoms with Crippen molar-refractivity contribution < 1.29 is 14.9 Å². The number of aliphatic hydroxyl groups is 2. The Kier molecular flexibility index (Phi) is 3.09. The number of nitrogens with zero attached hydrogens (tertiary/aromatic N) is 2. The van der Waals surface area contributed by atoms with Crippen molar-refractivity contribution in [2.24, 2.45) is 0 Å². The van der Waals surface area contributed by atoms with E-state index in [0.717, 1.165) is 10.9 Å². The molecule has 3 N–H and O–H groups in total. The van der Waals surface area contributed by atoms with E-state index in [1.807, 2.05) is 4.98 Å². The normalized spacial score (nSPS) is 26.1. The fourth-order valence-electron chi connectivity index (χ4n) is 1.61. The van der Waals surface area contributed by atoms with Crippen LogP contribution in [0.15, 0.2) is 27.4 Å². The van der Waals surface area contributed by atoms with Gasteiger partial charge in [-0.2, -0.15) is 4.98 Å². The van der Waals surface area contributed by atoms with Crippen LogP contribution in [0.5, 0.6) is 0 Å². The van der Waals surface area contributed by atoms with Gasteiger partial charge in [0.1, 0.15) is 12.9 Å². The largest absolute Gasteiger partial charge is 0.506 e. The number of hydrogen-bond donors (Lipinski definition) is 3. The lowest BCUT2D eigenvalue weighted by atomic mass is 10.1. The summed E-state index contributed by atoms with van der Waals surface area (Å²) in [4.78, 5) is 25.9. The molecule has 1 aliphatic rings. The van der Waals surface area contributed by atoms with Crippen LogP contribution in [0.25, 0.3) is 0 Å². The molecule has 0 fully saturated rings. The maximum atomic E-state index is 11.6. The maximum absolute atomic E-state index is 11.6. The number of aromatic nitrogens is 3. The minimum atomic E-state index is -1.87. The fraction of sp³-hybridized carbons (Fsp3) is 0.300. The molecule has 1 aromatic heterocycles. The van der Waals surface area contributed by atoms with Crippen molar-refractivity contribution in [1.82, 2.24) is 14.5 Å². The molecular weight excluding hydrogens is 278 g/mol. The molecule has 0 aromatic carbocycles. The Morgan fingerprint density at radius 2 is 2.37 bits per heavy atom. The number of aromatic amines is 1. The predicted molar refractivity (Wildman–Crippen MR) is 63.4 cm³/mol. The van der Waals surface area contributed by atoms with E-state index >= 15 is 0 Å². The topological polar surface area (TPSA) is 117 Å². The number of aliphatic hydroxyl groups excluding tert-OH is 2. The molecule has 0 aliphatic carbocycles. The van der Waals surface area contributed by atoms with Gasteiger partial charge in [0, 0.05) is 0 Å². The van der Waals surface area contributed by atoms with Gasteiger partial charge in [-0.15, -0.1) is 6.42 Å². The first-order valence-electron chi connectivity index (χ1n) is 4.98. The summed E-state index contributed by atoms with van der Waals surface area (Å²) in [7, 11) is 0. The van der Waals surface area contributed by atoms with E-state index in [0.29, 0.717) is 0 Å². The minimum absolute atomic E-state index is 0.254. The van der Waals surface area contributed by atoms with Crippen LogP contribution in [-0.2, 0) is 4.74 Å². The summed E-state index contributed by atoms with van der Waals surface area (Å²) in [6, 6.07) is 0. The summed E-state index contributed by atoms with van der Waals surface area (Å²) in [5.41, 5.74) is -1.71. The van der Waals surface area contributed by atoms with Crippen LogP contribution in [0.1, 0.15) is 6.23 Å². The van der Waals surface area contributed by atoms with E-state index in [2.05, 4.69) is 10.9 Å². The molecule has 100 valence electrons. The summed E-state index contributed by atoms with van der Waals surface area (Å²) >= 11 is 6.03. The highest BCUT2D eigenvalue weighted by atomic mass is 35.5. The van der Waals surface area contributed by atoms with Crippen LogP contribution in [0.4, 0.5) is 0 Å². The van der Waals surface area contributed by atoms with Crippen molar-refractivity contribution in [2.75, 3.05) is 6.61 Å². The fourth-order valence-corrected chi connectivity index (χ4v) is 1.87. The smallest absolute Gasteiger partial charge is 0.350 e. The van der Waals surface area contributed by atoms with E-state index in [1.54, 1.807) is 0 Å². The molecule has 2 heterocycles. The van der Waals surface area contributed by atoms with Crippen molar-refractivity contribution in [2.45, 2.75) is 11.1 Å². The predicted octanol–water partition coefficient (Wildman–Crippen LogP) is -1.17. The summed E-state index contributed by atoms with van der Waals surface area (Å²) in [6.07, 6.45) is 4.79. The maximum Gasteiger partial charge on any atom is 0.350 e.